The van der Waals surface area contributed by atoms with Crippen molar-refractivity contribution in [2.24, 2.45) is 0 Å². The summed E-state index contributed by atoms with van der Waals surface area (Å²) in [6, 6.07) is 18.3. The number of alkyl halides is 3. The van der Waals surface area contributed by atoms with Crippen molar-refractivity contribution in [2.75, 3.05) is 0 Å². The molecule has 4 aromatic rings. The largest absolute Gasteiger partial charge is 0.461 e. The van der Waals surface area contributed by atoms with Crippen LogP contribution < -0.4 is 0 Å². The van der Waals surface area contributed by atoms with Crippen LogP contribution in [0.1, 0.15) is 11.1 Å². The molecule has 0 amide bonds. The standard InChI is InChI=1S/C20H14F3N3OS/c21-20(22,23)15-7-4-6-14(12-15)13-28-19-25-24-18(17-10-5-11-27-17)26(19)16-8-2-1-3-9-16/h1-12H,13H2. The minimum atomic E-state index is -4.36. The quantitative estimate of drug-likeness (QED) is 0.394. The van der Waals surface area contributed by atoms with E-state index >= 15 is 0 Å². The number of thioether (sulfide) groups is 1. The zero-order valence-corrected chi connectivity index (χ0v) is 15.2. The summed E-state index contributed by atoms with van der Waals surface area (Å²) >= 11 is 1.31. The number of furan rings is 1. The van der Waals surface area contributed by atoms with Crippen molar-refractivity contribution in [1.29, 1.82) is 0 Å². The summed E-state index contributed by atoms with van der Waals surface area (Å²) in [4.78, 5) is 0. The monoisotopic (exact) mass is 401 g/mol. The number of hydrogen-bond acceptors (Lipinski definition) is 4. The molecule has 0 saturated heterocycles. The minimum Gasteiger partial charge on any atom is -0.461 e. The van der Waals surface area contributed by atoms with Crippen molar-refractivity contribution >= 4 is 11.8 Å². The van der Waals surface area contributed by atoms with Gasteiger partial charge in [0.05, 0.1) is 11.8 Å². The Kier molecular flexibility index (Phi) is 4.95. The molecule has 0 atom stereocenters. The van der Waals surface area contributed by atoms with E-state index in [-0.39, 0.29) is 0 Å². The molecule has 2 aromatic heterocycles. The third kappa shape index (κ3) is 3.82. The van der Waals surface area contributed by atoms with Gasteiger partial charge in [-0.15, -0.1) is 10.2 Å². The number of benzene rings is 2. The maximum atomic E-state index is 12.9. The zero-order chi connectivity index (χ0) is 19.6. The second kappa shape index (κ2) is 7.55. The fraction of sp³-hybridized carbons (Fsp3) is 0.100. The van der Waals surface area contributed by atoms with E-state index in [1.54, 1.807) is 24.5 Å². The van der Waals surface area contributed by atoms with Crippen LogP contribution in [0.15, 0.2) is 82.6 Å². The maximum absolute atomic E-state index is 12.9. The Morgan fingerprint density at radius 3 is 2.46 bits per heavy atom. The number of para-hydroxylation sites is 1. The average Bonchev–Trinajstić information content (AvgIpc) is 3.36. The summed E-state index contributed by atoms with van der Waals surface area (Å²) in [5, 5.41) is 9.02. The lowest BCUT2D eigenvalue weighted by Gasteiger charge is -2.10. The predicted octanol–water partition coefficient (Wildman–Crippen LogP) is 5.84. The van der Waals surface area contributed by atoms with E-state index < -0.39 is 11.7 Å². The van der Waals surface area contributed by atoms with Gasteiger partial charge in [0.1, 0.15) is 0 Å². The lowest BCUT2D eigenvalue weighted by molar-refractivity contribution is -0.137. The molecule has 0 aliphatic carbocycles. The maximum Gasteiger partial charge on any atom is 0.416 e. The third-order valence-electron chi connectivity index (χ3n) is 4.01. The molecule has 8 heteroatoms. The van der Waals surface area contributed by atoms with E-state index in [4.69, 9.17) is 4.42 Å². The van der Waals surface area contributed by atoms with Crippen LogP contribution in [0.2, 0.25) is 0 Å². The minimum absolute atomic E-state index is 0.326. The van der Waals surface area contributed by atoms with Gasteiger partial charge in [-0.25, -0.2) is 0 Å². The second-order valence-corrected chi connectivity index (χ2v) is 6.88. The molecule has 2 heterocycles. The number of hydrogen-bond donors (Lipinski definition) is 0. The number of rotatable bonds is 5. The number of halogens is 3. The topological polar surface area (TPSA) is 43.9 Å². The predicted molar refractivity (Wildman–Crippen MR) is 100 cm³/mol. The van der Waals surface area contributed by atoms with Crippen molar-refractivity contribution in [1.82, 2.24) is 14.8 Å². The molecule has 0 fully saturated rings. The van der Waals surface area contributed by atoms with E-state index in [0.717, 1.165) is 17.8 Å². The number of nitrogens with zero attached hydrogens (tertiary/aromatic N) is 3. The van der Waals surface area contributed by atoms with Crippen molar-refractivity contribution in [3.63, 3.8) is 0 Å². The first kappa shape index (κ1) is 18.4. The van der Waals surface area contributed by atoms with Gasteiger partial charge in [-0.3, -0.25) is 4.57 Å². The van der Waals surface area contributed by atoms with Crippen LogP contribution in [0, 0.1) is 0 Å². The van der Waals surface area contributed by atoms with Gasteiger partial charge in [0.25, 0.3) is 0 Å². The molecular formula is C20H14F3N3OS. The fourth-order valence-electron chi connectivity index (χ4n) is 2.72. The first-order valence-corrected chi connectivity index (χ1v) is 9.34. The van der Waals surface area contributed by atoms with Crippen LogP contribution in [0.4, 0.5) is 13.2 Å². The lowest BCUT2D eigenvalue weighted by atomic mass is 10.1. The molecule has 0 N–H and O–H groups in total. The first-order valence-electron chi connectivity index (χ1n) is 8.36. The highest BCUT2D eigenvalue weighted by molar-refractivity contribution is 7.98. The number of aromatic nitrogens is 3. The van der Waals surface area contributed by atoms with Crippen LogP contribution in [0.5, 0.6) is 0 Å². The first-order chi connectivity index (χ1) is 13.5. The van der Waals surface area contributed by atoms with Crippen molar-refractivity contribution < 1.29 is 17.6 Å². The van der Waals surface area contributed by atoms with E-state index in [1.165, 1.54) is 17.8 Å². The van der Waals surface area contributed by atoms with E-state index in [0.29, 0.717) is 28.1 Å². The van der Waals surface area contributed by atoms with Gasteiger partial charge in [-0.2, -0.15) is 13.2 Å². The van der Waals surface area contributed by atoms with Crippen molar-refractivity contribution in [2.45, 2.75) is 17.1 Å². The molecule has 142 valence electrons. The summed E-state index contributed by atoms with van der Waals surface area (Å²) < 4.78 is 46.1. The molecule has 0 aliphatic rings. The molecule has 0 spiro atoms. The average molecular weight is 401 g/mol. The Morgan fingerprint density at radius 2 is 1.75 bits per heavy atom. The Bertz CT molecular complexity index is 1060. The molecule has 28 heavy (non-hydrogen) atoms. The van der Waals surface area contributed by atoms with E-state index in [2.05, 4.69) is 10.2 Å². The van der Waals surface area contributed by atoms with Crippen LogP contribution in [0.3, 0.4) is 0 Å². The van der Waals surface area contributed by atoms with Gasteiger partial charge in [0, 0.05) is 11.4 Å². The Labute approximate surface area is 163 Å². The zero-order valence-electron chi connectivity index (χ0n) is 14.4. The second-order valence-electron chi connectivity index (χ2n) is 5.94. The normalized spacial score (nSPS) is 11.7. The summed E-state index contributed by atoms with van der Waals surface area (Å²) in [6.07, 6.45) is -2.81. The van der Waals surface area contributed by atoms with Crippen molar-refractivity contribution in [3.8, 4) is 17.3 Å². The van der Waals surface area contributed by atoms with Gasteiger partial charge in [0.15, 0.2) is 10.9 Å². The molecule has 0 saturated carbocycles. The summed E-state index contributed by atoms with van der Waals surface area (Å²) in [6.45, 7) is 0. The molecule has 0 bridgehead atoms. The van der Waals surface area contributed by atoms with Gasteiger partial charge in [0.2, 0.25) is 5.82 Å². The Balaban J connectivity index is 1.66. The third-order valence-corrected chi connectivity index (χ3v) is 5.01. The lowest BCUT2D eigenvalue weighted by Crippen LogP contribution is -2.05. The molecule has 0 radical (unpaired) electrons. The van der Waals surface area contributed by atoms with Crippen LogP contribution in [0.25, 0.3) is 17.3 Å². The molecule has 0 aliphatic heterocycles. The Morgan fingerprint density at radius 1 is 0.929 bits per heavy atom. The highest BCUT2D eigenvalue weighted by Gasteiger charge is 2.30. The van der Waals surface area contributed by atoms with Crippen LogP contribution >= 0.6 is 11.8 Å². The smallest absolute Gasteiger partial charge is 0.416 e. The van der Waals surface area contributed by atoms with Gasteiger partial charge < -0.3 is 4.42 Å². The SMILES string of the molecule is FC(F)(F)c1cccc(CSc2nnc(-c3ccco3)n2-c2ccccc2)c1. The van der Waals surface area contributed by atoms with E-state index in [9.17, 15) is 13.2 Å². The summed E-state index contributed by atoms with van der Waals surface area (Å²) in [7, 11) is 0. The van der Waals surface area contributed by atoms with Gasteiger partial charge in [-0.05, 0) is 35.9 Å². The van der Waals surface area contributed by atoms with E-state index in [1.807, 2.05) is 34.9 Å². The molecule has 0 unspecified atom stereocenters. The molecule has 4 rings (SSSR count). The fourth-order valence-corrected chi connectivity index (χ4v) is 3.62. The summed E-state index contributed by atoms with van der Waals surface area (Å²) in [5.74, 6) is 1.41. The van der Waals surface area contributed by atoms with Gasteiger partial charge in [-0.1, -0.05) is 48.2 Å². The van der Waals surface area contributed by atoms with Gasteiger partial charge >= 0.3 is 6.18 Å². The summed E-state index contributed by atoms with van der Waals surface area (Å²) in [5.41, 5.74) is 0.735. The Hall–Kier alpha value is -3.00. The molecular weight excluding hydrogens is 387 g/mol. The van der Waals surface area contributed by atoms with Crippen LogP contribution in [-0.2, 0) is 11.9 Å². The van der Waals surface area contributed by atoms with Crippen molar-refractivity contribution in [3.05, 3.63) is 84.1 Å². The highest BCUT2D eigenvalue weighted by atomic mass is 32.2. The van der Waals surface area contributed by atoms with Crippen LogP contribution in [-0.4, -0.2) is 14.8 Å². The molecule has 2 aromatic carbocycles. The highest BCUT2D eigenvalue weighted by Crippen LogP contribution is 2.32. The molecule has 4 nitrogen and oxygen atoms in total.